The van der Waals surface area contributed by atoms with Crippen molar-refractivity contribution in [1.82, 2.24) is 44.7 Å². The van der Waals surface area contributed by atoms with Gasteiger partial charge in [0.25, 0.3) is 5.56 Å². The smallest absolute Gasteiger partial charge is 0.411 e. The number of aryl methyl sites for hydroxylation is 1. The molecule has 0 radical (unpaired) electrons. The monoisotopic (exact) mass is 574 g/mol. The van der Waals surface area contributed by atoms with Crippen LogP contribution < -0.4 is 10.5 Å². The number of nitrogens with one attached hydrogen (secondary N) is 1. The number of methoxy groups -OCH3 is 1. The minimum absolute atomic E-state index is 0.183. The van der Waals surface area contributed by atoms with E-state index in [2.05, 4.69) is 30.5 Å². The Morgan fingerprint density at radius 2 is 2.07 bits per heavy atom. The Morgan fingerprint density at radius 1 is 1.20 bits per heavy atom. The van der Waals surface area contributed by atoms with E-state index in [-0.39, 0.29) is 24.8 Å². The molecule has 15 heteroatoms. The van der Waals surface area contributed by atoms with Crippen molar-refractivity contribution >= 4 is 23.4 Å². The van der Waals surface area contributed by atoms with Gasteiger partial charge in [-0.1, -0.05) is 11.6 Å². The van der Waals surface area contributed by atoms with E-state index in [0.29, 0.717) is 63.5 Å². The van der Waals surface area contributed by atoms with Crippen LogP contribution in [0.4, 0.5) is 10.5 Å². The number of hydrogen-bond donors (Lipinski definition) is 2. The molecule has 14 nitrogen and oxygen atoms in total. The molecule has 208 valence electrons. The predicted octanol–water partition coefficient (Wildman–Crippen LogP) is 2.99. The summed E-state index contributed by atoms with van der Waals surface area (Å²) in [4.78, 5) is 43.2. The lowest BCUT2D eigenvalue weighted by atomic mass is 10.1. The molecule has 1 atom stereocenters. The van der Waals surface area contributed by atoms with Gasteiger partial charge in [0.05, 0.1) is 60.0 Å². The zero-order valence-electron chi connectivity index (χ0n) is 21.7. The summed E-state index contributed by atoms with van der Waals surface area (Å²) in [6.07, 6.45) is 4.71. The third kappa shape index (κ3) is 5.05. The average molecular weight is 575 g/mol. The zero-order valence-corrected chi connectivity index (χ0v) is 22.4. The van der Waals surface area contributed by atoms with Gasteiger partial charge in [-0.2, -0.15) is 4.68 Å². The Hall–Kier alpha value is -4.95. The van der Waals surface area contributed by atoms with E-state index < -0.39 is 6.09 Å². The highest BCUT2D eigenvalue weighted by Crippen LogP contribution is 2.32. The number of aromatic nitrogens is 9. The minimum atomic E-state index is -1.09. The van der Waals surface area contributed by atoms with Crippen LogP contribution in [0, 0.1) is 0 Å². The number of halogens is 1. The summed E-state index contributed by atoms with van der Waals surface area (Å²) in [5, 5.41) is 21.3. The van der Waals surface area contributed by atoms with Crippen molar-refractivity contribution in [3.05, 3.63) is 82.1 Å². The first-order chi connectivity index (χ1) is 19.9. The molecule has 0 spiro atoms. The van der Waals surface area contributed by atoms with Gasteiger partial charge in [0.1, 0.15) is 18.0 Å². The molecule has 1 amide bonds. The van der Waals surface area contributed by atoms with E-state index in [1.54, 1.807) is 41.1 Å². The summed E-state index contributed by atoms with van der Waals surface area (Å²) < 4.78 is 8.13. The lowest BCUT2D eigenvalue weighted by molar-refractivity contribution is 0.186. The number of hydrogen-bond acceptors (Lipinski definition) is 9. The molecule has 0 aliphatic carbocycles. The van der Waals surface area contributed by atoms with Crippen LogP contribution in [0.3, 0.4) is 0 Å². The van der Waals surface area contributed by atoms with E-state index in [1.807, 2.05) is 0 Å². The van der Waals surface area contributed by atoms with Gasteiger partial charge in [-0.05, 0) is 47.2 Å². The Bertz CT molecular complexity index is 1770. The second-order valence-electron chi connectivity index (χ2n) is 9.25. The molecule has 4 aromatic heterocycles. The number of pyridine rings is 1. The van der Waals surface area contributed by atoms with Gasteiger partial charge in [0.2, 0.25) is 0 Å². The number of aromatic amines is 1. The zero-order chi connectivity index (χ0) is 28.5. The largest absolute Gasteiger partial charge is 0.465 e. The van der Waals surface area contributed by atoms with Crippen molar-refractivity contribution in [2.45, 2.75) is 18.9 Å². The standard InChI is InChI=1S/C26H23ClN10O4/c1-41-9-8-35(26(39)40)16-3-4-18(28-12-16)20-13-29-25(32-20)22-6-7-23-31-19(11-24(38)37(22)23)17-10-15(27)2-5-21(17)36-14-30-33-34-36/h2-5,10-14,22H,6-9H2,1H3,(H,29,32)(H,39,40)/t22-/m0/s1. The summed E-state index contributed by atoms with van der Waals surface area (Å²) in [5.41, 5.74) is 3.18. The van der Waals surface area contributed by atoms with E-state index in [9.17, 15) is 14.7 Å². The van der Waals surface area contributed by atoms with Crippen molar-refractivity contribution in [2.24, 2.45) is 0 Å². The number of carboxylic acid groups (broad SMARTS) is 1. The second-order valence-corrected chi connectivity index (χ2v) is 9.68. The van der Waals surface area contributed by atoms with Gasteiger partial charge in [-0.25, -0.2) is 14.8 Å². The highest BCUT2D eigenvalue weighted by atomic mass is 35.5. The van der Waals surface area contributed by atoms with Crippen molar-refractivity contribution in [1.29, 1.82) is 0 Å². The maximum absolute atomic E-state index is 13.4. The highest BCUT2D eigenvalue weighted by molar-refractivity contribution is 6.31. The molecule has 1 aromatic carbocycles. The first kappa shape index (κ1) is 26.3. The summed E-state index contributed by atoms with van der Waals surface area (Å²) in [5.74, 6) is 1.23. The number of anilines is 1. The summed E-state index contributed by atoms with van der Waals surface area (Å²) in [7, 11) is 1.51. The number of ether oxygens (including phenoxy) is 1. The summed E-state index contributed by atoms with van der Waals surface area (Å²) >= 11 is 6.28. The fourth-order valence-corrected chi connectivity index (χ4v) is 5.06. The number of H-pyrrole nitrogens is 1. The second kappa shape index (κ2) is 10.9. The maximum Gasteiger partial charge on any atom is 0.411 e. The number of fused-ring (bicyclic) bond motifs is 1. The lowest BCUT2D eigenvalue weighted by Gasteiger charge is -2.18. The third-order valence-electron chi connectivity index (χ3n) is 6.81. The summed E-state index contributed by atoms with van der Waals surface area (Å²) in [6.45, 7) is 0.443. The van der Waals surface area contributed by atoms with E-state index in [0.717, 1.165) is 4.90 Å². The average Bonchev–Trinajstić information content (AvgIpc) is 3.74. The summed E-state index contributed by atoms with van der Waals surface area (Å²) in [6, 6.07) is 9.75. The van der Waals surface area contributed by atoms with Gasteiger partial charge in [0.15, 0.2) is 0 Å². The molecule has 0 bridgehead atoms. The first-order valence-electron chi connectivity index (χ1n) is 12.6. The number of nitrogens with zero attached hydrogens (tertiary/aromatic N) is 9. The number of carbonyl (C=O) groups is 1. The van der Waals surface area contributed by atoms with Crippen LogP contribution >= 0.6 is 11.6 Å². The van der Waals surface area contributed by atoms with E-state index in [4.69, 9.17) is 21.3 Å². The lowest BCUT2D eigenvalue weighted by Crippen LogP contribution is -2.32. The molecule has 2 N–H and O–H groups in total. The third-order valence-corrected chi connectivity index (χ3v) is 7.04. The van der Waals surface area contributed by atoms with Gasteiger partial charge in [-0.15, -0.1) is 5.10 Å². The highest BCUT2D eigenvalue weighted by Gasteiger charge is 2.29. The molecule has 41 heavy (non-hydrogen) atoms. The Labute approximate surface area is 237 Å². The van der Waals surface area contributed by atoms with Gasteiger partial charge >= 0.3 is 6.09 Å². The van der Waals surface area contributed by atoms with Crippen LogP contribution in [0.25, 0.3) is 28.3 Å². The molecule has 6 rings (SSSR count). The number of tetrazole rings is 1. The van der Waals surface area contributed by atoms with Gasteiger partial charge < -0.3 is 14.8 Å². The molecule has 5 heterocycles. The van der Waals surface area contributed by atoms with E-state index in [1.165, 1.54) is 30.4 Å². The minimum Gasteiger partial charge on any atom is -0.465 e. The van der Waals surface area contributed by atoms with Gasteiger partial charge in [0, 0.05) is 30.2 Å². The SMILES string of the molecule is COCCN(C(=O)O)c1ccc(-c2cnc([C@@H]3CCc4nc(-c5cc(Cl)ccc5-n5cnnn5)cc(=O)n43)[nH]2)nc1. The first-order valence-corrected chi connectivity index (χ1v) is 13.0. The predicted molar refractivity (Wildman–Crippen MR) is 147 cm³/mol. The molecule has 0 unspecified atom stereocenters. The fourth-order valence-electron chi connectivity index (χ4n) is 4.88. The van der Waals surface area contributed by atoms with Crippen molar-refractivity contribution in [3.63, 3.8) is 0 Å². The quantitative estimate of drug-likeness (QED) is 0.281. The molecule has 1 aliphatic rings. The van der Waals surface area contributed by atoms with Crippen LogP contribution in [-0.2, 0) is 11.2 Å². The van der Waals surface area contributed by atoms with Crippen LogP contribution in [0.15, 0.2) is 59.9 Å². The number of amides is 1. The molecule has 0 fully saturated rings. The molecule has 1 aliphatic heterocycles. The Morgan fingerprint density at radius 3 is 2.80 bits per heavy atom. The number of imidazole rings is 1. The van der Waals surface area contributed by atoms with Crippen molar-refractivity contribution in [3.8, 4) is 28.3 Å². The Kier molecular flexibility index (Phi) is 6.99. The molecular formula is C26H23ClN10O4. The normalized spacial score (nSPS) is 14.2. The topological polar surface area (TPSA) is 170 Å². The molecule has 0 saturated heterocycles. The van der Waals surface area contributed by atoms with E-state index >= 15 is 0 Å². The van der Waals surface area contributed by atoms with Crippen molar-refractivity contribution in [2.75, 3.05) is 25.2 Å². The number of rotatable bonds is 8. The van der Waals surface area contributed by atoms with Crippen LogP contribution in [-0.4, -0.2) is 76.2 Å². The Balaban J connectivity index is 1.28. The van der Waals surface area contributed by atoms with Crippen molar-refractivity contribution < 1.29 is 14.6 Å². The molecular weight excluding hydrogens is 552 g/mol. The van der Waals surface area contributed by atoms with Gasteiger partial charge in [-0.3, -0.25) is 19.2 Å². The van der Waals surface area contributed by atoms with Crippen LogP contribution in [0.5, 0.6) is 0 Å². The molecule has 5 aromatic rings. The van der Waals surface area contributed by atoms with Crippen LogP contribution in [0.2, 0.25) is 5.02 Å². The molecule has 0 saturated carbocycles. The maximum atomic E-state index is 13.4. The number of benzene rings is 1. The fraction of sp³-hybridized carbons (Fsp3) is 0.231. The van der Waals surface area contributed by atoms with Crippen LogP contribution in [0.1, 0.15) is 24.1 Å².